The van der Waals surface area contributed by atoms with E-state index in [4.69, 9.17) is 0 Å². The topological polar surface area (TPSA) is 27.1 Å². The normalized spacial score (nSPS) is 11.9. The SMILES string of the molecule is Cn1nc(-c2ccccc2OC(F)(F)F)c2cc(Br)ccc21. The van der Waals surface area contributed by atoms with Crippen molar-refractivity contribution in [3.63, 3.8) is 0 Å². The largest absolute Gasteiger partial charge is 0.573 e. The zero-order valence-corrected chi connectivity index (χ0v) is 12.9. The summed E-state index contributed by atoms with van der Waals surface area (Å²) < 4.78 is 44.3. The second-order valence-corrected chi connectivity index (χ2v) is 5.59. The molecule has 0 bridgehead atoms. The number of fused-ring (bicyclic) bond motifs is 1. The van der Waals surface area contributed by atoms with Crippen molar-refractivity contribution in [3.05, 3.63) is 46.9 Å². The Kier molecular flexibility index (Phi) is 3.60. The third kappa shape index (κ3) is 2.81. The minimum atomic E-state index is -4.75. The highest BCUT2D eigenvalue weighted by Crippen LogP contribution is 2.37. The van der Waals surface area contributed by atoms with Crippen molar-refractivity contribution in [2.24, 2.45) is 7.05 Å². The molecule has 7 heteroatoms. The number of para-hydroxylation sites is 1. The summed E-state index contributed by atoms with van der Waals surface area (Å²) in [7, 11) is 1.74. The van der Waals surface area contributed by atoms with Gasteiger partial charge >= 0.3 is 6.36 Å². The molecule has 0 N–H and O–H groups in total. The molecule has 0 saturated heterocycles. The van der Waals surface area contributed by atoms with E-state index >= 15 is 0 Å². The van der Waals surface area contributed by atoms with Crippen molar-refractivity contribution in [2.45, 2.75) is 6.36 Å². The summed E-state index contributed by atoms with van der Waals surface area (Å²) in [5.41, 5.74) is 1.56. The first-order chi connectivity index (χ1) is 10.3. The van der Waals surface area contributed by atoms with E-state index in [0.717, 1.165) is 15.4 Å². The van der Waals surface area contributed by atoms with Crippen LogP contribution < -0.4 is 4.74 Å². The van der Waals surface area contributed by atoms with Crippen molar-refractivity contribution in [3.8, 4) is 17.0 Å². The summed E-state index contributed by atoms with van der Waals surface area (Å²) in [6.07, 6.45) is -4.75. The molecule has 3 nitrogen and oxygen atoms in total. The van der Waals surface area contributed by atoms with Gasteiger partial charge in [0.2, 0.25) is 0 Å². The van der Waals surface area contributed by atoms with Gasteiger partial charge in [-0.15, -0.1) is 13.2 Å². The Labute approximate surface area is 132 Å². The molecule has 3 rings (SSSR count). The van der Waals surface area contributed by atoms with Crippen LogP contribution >= 0.6 is 15.9 Å². The molecule has 0 radical (unpaired) electrons. The Morgan fingerprint density at radius 3 is 2.59 bits per heavy atom. The summed E-state index contributed by atoms with van der Waals surface area (Å²) in [4.78, 5) is 0. The zero-order chi connectivity index (χ0) is 15.9. The fraction of sp³-hybridized carbons (Fsp3) is 0.133. The molecule has 0 amide bonds. The van der Waals surface area contributed by atoms with Crippen molar-refractivity contribution in [2.75, 3.05) is 0 Å². The second-order valence-electron chi connectivity index (χ2n) is 4.68. The third-order valence-corrected chi connectivity index (χ3v) is 3.67. The van der Waals surface area contributed by atoms with E-state index in [2.05, 4.69) is 25.8 Å². The molecule has 0 spiro atoms. The number of nitrogens with zero attached hydrogens (tertiary/aromatic N) is 2. The van der Waals surface area contributed by atoms with Gasteiger partial charge < -0.3 is 4.74 Å². The Morgan fingerprint density at radius 1 is 1.14 bits per heavy atom. The van der Waals surface area contributed by atoms with Crippen molar-refractivity contribution in [1.29, 1.82) is 0 Å². The zero-order valence-electron chi connectivity index (χ0n) is 11.4. The van der Waals surface area contributed by atoms with Gasteiger partial charge in [0, 0.05) is 22.5 Å². The van der Waals surface area contributed by atoms with E-state index in [1.54, 1.807) is 23.9 Å². The highest BCUT2D eigenvalue weighted by atomic mass is 79.9. The summed E-state index contributed by atoms with van der Waals surface area (Å²) in [5.74, 6) is -0.269. The van der Waals surface area contributed by atoms with E-state index in [0.29, 0.717) is 11.3 Å². The molecular weight excluding hydrogens is 361 g/mol. The maximum absolute atomic E-state index is 12.6. The first-order valence-electron chi connectivity index (χ1n) is 6.32. The van der Waals surface area contributed by atoms with Gasteiger partial charge in [-0.2, -0.15) is 5.10 Å². The summed E-state index contributed by atoms with van der Waals surface area (Å²) in [6.45, 7) is 0. The molecule has 3 aromatic rings. The van der Waals surface area contributed by atoms with Gasteiger partial charge in [-0.25, -0.2) is 0 Å². The van der Waals surface area contributed by atoms with Crippen LogP contribution in [-0.2, 0) is 7.05 Å². The first kappa shape index (κ1) is 14.9. The van der Waals surface area contributed by atoms with Gasteiger partial charge in [-0.3, -0.25) is 4.68 Å². The minimum Gasteiger partial charge on any atom is -0.405 e. The molecule has 0 aliphatic carbocycles. The van der Waals surface area contributed by atoms with Gasteiger partial charge in [0.05, 0.1) is 5.52 Å². The van der Waals surface area contributed by atoms with Crippen molar-refractivity contribution in [1.82, 2.24) is 9.78 Å². The molecule has 1 heterocycles. The average molecular weight is 371 g/mol. The van der Waals surface area contributed by atoms with E-state index in [1.807, 2.05) is 18.2 Å². The summed E-state index contributed by atoms with van der Waals surface area (Å²) >= 11 is 3.37. The molecule has 0 fully saturated rings. The molecule has 0 aliphatic rings. The van der Waals surface area contributed by atoms with Gasteiger partial charge in [0.25, 0.3) is 0 Å². The molecule has 2 aromatic carbocycles. The van der Waals surface area contributed by atoms with Gasteiger partial charge in [0.1, 0.15) is 11.4 Å². The lowest BCUT2D eigenvalue weighted by molar-refractivity contribution is -0.274. The monoisotopic (exact) mass is 370 g/mol. The second kappa shape index (κ2) is 5.31. The van der Waals surface area contributed by atoms with E-state index in [-0.39, 0.29) is 5.75 Å². The highest BCUT2D eigenvalue weighted by Gasteiger charge is 2.32. The predicted octanol–water partition coefficient (Wildman–Crippen LogP) is 4.90. The first-order valence-corrected chi connectivity index (χ1v) is 7.12. The van der Waals surface area contributed by atoms with Crippen LogP contribution in [0, 0.1) is 0 Å². The van der Waals surface area contributed by atoms with Crippen molar-refractivity contribution >= 4 is 26.8 Å². The molecule has 114 valence electrons. The van der Waals surface area contributed by atoms with Crippen LogP contribution in [0.5, 0.6) is 5.75 Å². The maximum atomic E-state index is 12.6. The lowest BCUT2D eigenvalue weighted by Crippen LogP contribution is -2.17. The fourth-order valence-corrected chi connectivity index (χ4v) is 2.67. The van der Waals surface area contributed by atoms with Gasteiger partial charge in [-0.05, 0) is 30.3 Å². The van der Waals surface area contributed by atoms with Crippen LogP contribution in [0.3, 0.4) is 0 Å². The van der Waals surface area contributed by atoms with E-state index in [9.17, 15) is 13.2 Å². The number of hydrogen-bond donors (Lipinski definition) is 0. The molecule has 0 atom stereocenters. The predicted molar refractivity (Wildman–Crippen MR) is 80.5 cm³/mol. The number of alkyl halides is 3. The third-order valence-electron chi connectivity index (χ3n) is 3.18. The lowest BCUT2D eigenvalue weighted by atomic mass is 10.1. The highest BCUT2D eigenvalue weighted by molar-refractivity contribution is 9.10. The summed E-state index contributed by atoms with van der Waals surface area (Å²) in [5, 5.41) is 5.09. The van der Waals surface area contributed by atoms with Crippen LogP contribution in [0.25, 0.3) is 22.2 Å². The van der Waals surface area contributed by atoms with Crippen molar-refractivity contribution < 1.29 is 17.9 Å². The molecule has 1 aromatic heterocycles. The van der Waals surface area contributed by atoms with Crippen LogP contribution in [0.15, 0.2) is 46.9 Å². The van der Waals surface area contributed by atoms with Gasteiger partial charge in [0.15, 0.2) is 0 Å². The van der Waals surface area contributed by atoms with Crippen LogP contribution in [-0.4, -0.2) is 16.1 Å². The molecule has 0 saturated carbocycles. The number of aryl methyl sites for hydroxylation is 1. The molecule has 0 aliphatic heterocycles. The number of hydrogen-bond acceptors (Lipinski definition) is 2. The molecule has 0 unspecified atom stereocenters. The number of rotatable bonds is 2. The molecular formula is C15H10BrF3N2O. The van der Waals surface area contributed by atoms with Crippen LogP contribution in [0.2, 0.25) is 0 Å². The standard InChI is InChI=1S/C15H10BrF3N2O/c1-21-12-7-6-9(16)8-11(12)14(20-21)10-4-2-3-5-13(10)22-15(17,18)19/h2-8H,1H3. The van der Waals surface area contributed by atoms with Gasteiger partial charge in [-0.1, -0.05) is 28.1 Å². The average Bonchev–Trinajstić information content (AvgIpc) is 2.74. The minimum absolute atomic E-state index is 0.269. The Bertz CT molecular complexity index is 842. The Hall–Kier alpha value is -2.02. The Balaban J connectivity index is 2.22. The van der Waals surface area contributed by atoms with Crippen LogP contribution in [0.4, 0.5) is 13.2 Å². The van der Waals surface area contributed by atoms with Crippen LogP contribution in [0.1, 0.15) is 0 Å². The number of halogens is 4. The molecule has 22 heavy (non-hydrogen) atoms. The maximum Gasteiger partial charge on any atom is 0.573 e. The fourth-order valence-electron chi connectivity index (χ4n) is 2.31. The quantitative estimate of drug-likeness (QED) is 0.641. The van der Waals surface area contributed by atoms with E-state index in [1.165, 1.54) is 12.1 Å². The lowest BCUT2D eigenvalue weighted by Gasteiger charge is -2.12. The number of benzene rings is 2. The Morgan fingerprint density at radius 2 is 1.86 bits per heavy atom. The smallest absolute Gasteiger partial charge is 0.405 e. The number of ether oxygens (including phenoxy) is 1. The summed E-state index contributed by atoms with van der Waals surface area (Å²) in [6, 6.07) is 11.5. The number of aromatic nitrogens is 2. The van der Waals surface area contributed by atoms with E-state index < -0.39 is 6.36 Å².